The van der Waals surface area contributed by atoms with E-state index < -0.39 is 0 Å². The van der Waals surface area contributed by atoms with Gasteiger partial charge in [-0.2, -0.15) is 0 Å². The highest BCUT2D eigenvalue weighted by Crippen LogP contribution is 2.40. The van der Waals surface area contributed by atoms with Crippen molar-refractivity contribution in [1.82, 2.24) is 9.97 Å². The van der Waals surface area contributed by atoms with Crippen molar-refractivity contribution < 1.29 is 0 Å². The summed E-state index contributed by atoms with van der Waals surface area (Å²) in [6.07, 6.45) is 0. The van der Waals surface area contributed by atoms with Gasteiger partial charge in [0, 0.05) is 42.4 Å². The predicted octanol–water partition coefficient (Wildman–Crippen LogP) is 14.5. The lowest BCUT2D eigenvalue weighted by molar-refractivity contribution is 1.32. The highest BCUT2D eigenvalue weighted by atomic mass is 32.1. The molecule has 0 bridgehead atoms. The summed E-state index contributed by atoms with van der Waals surface area (Å²) in [7, 11) is 0. The summed E-state index contributed by atoms with van der Waals surface area (Å²) in [5, 5.41) is 2.58. The van der Waals surface area contributed by atoms with Crippen molar-refractivity contribution in [1.29, 1.82) is 0 Å². The molecule has 0 saturated carbocycles. The van der Waals surface area contributed by atoms with Gasteiger partial charge in [-0.05, 0) is 94.0 Å². The largest absolute Gasteiger partial charge is 0.248 e. The molecule has 0 radical (unpaired) electrons. The molecular weight excluding hydrogens is 685 g/mol. The van der Waals surface area contributed by atoms with Gasteiger partial charge in [0.1, 0.15) is 0 Å². The molecule has 0 amide bonds. The maximum Gasteiger partial charge on any atom is 0.0715 e. The number of rotatable bonds is 7. The fourth-order valence-corrected chi connectivity index (χ4v) is 8.54. The summed E-state index contributed by atoms with van der Waals surface area (Å²) >= 11 is 1.85. The van der Waals surface area contributed by atoms with Crippen molar-refractivity contribution in [2.75, 3.05) is 0 Å². The van der Waals surface area contributed by atoms with Crippen LogP contribution in [0.3, 0.4) is 0 Å². The van der Waals surface area contributed by atoms with E-state index in [1.165, 1.54) is 25.7 Å². The normalized spacial score (nSPS) is 11.3. The SMILES string of the molecule is c1ccc(-c2cc(-c3cc(-c4cc(-c5ccccc5)nc(-c5ccccc5)c4)cc(-c4ccc5sc6ccccc6c5c4)c3)cc(-c3ccccc3)n2)cc1. The van der Waals surface area contributed by atoms with Crippen LogP contribution in [-0.2, 0) is 0 Å². The zero-order valence-electron chi connectivity index (χ0n) is 29.9. The number of aromatic nitrogens is 2. The van der Waals surface area contributed by atoms with E-state index in [1.807, 2.05) is 11.3 Å². The lowest BCUT2D eigenvalue weighted by Crippen LogP contribution is -1.94. The fourth-order valence-electron chi connectivity index (χ4n) is 7.45. The van der Waals surface area contributed by atoms with Crippen LogP contribution in [0.2, 0.25) is 0 Å². The van der Waals surface area contributed by atoms with Crippen LogP contribution in [0.4, 0.5) is 0 Å². The molecule has 3 heteroatoms. The molecule has 55 heavy (non-hydrogen) atoms. The summed E-state index contributed by atoms with van der Waals surface area (Å²) in [6.45, 7) is 0. The number of thiophene rings is 1. The molecular formula is C52H34N2S. The summed E-state index contributed by atoms with van der Waals surface area (Å²) in [5.41, 5.74) is 14.9. The minimum Gasteiger partial charge on any atom is -0.248 e. The van der Waals surface area contributed by atoms with Crippen molar-refractivity contribution in [3.8, 4) is 78.4 Å². The molecule has 0 atom stereocenters. The summed E-state index contributed by atoms with van der Waals surface area (Å²) in [5.74, 6) is 0. The zero-order valence-corrected chi connectivity index (χ0v) is 30.7. The van der Waals surface area contributed by atoms with E-state index in [9.17, 15) is 0 Å². The predicted molar refractivity (Wildman–Crippen MR) is 233 cm³/mol. The van der Waals surface area contributed by atoms with Crippen LogP contribution in [0.5, 0.6) is 0 Å². The van der Waals surface area contributed by atoms with Crippen LogP contribution in [-0.4, -0.2) is 9.97 Å². The Hall–Kier alpha value is -6.94. The van der Waals surface area contributed by atoms with Crippen molar-refractivity contribution in [2.24, 2.45) is 0 Å². The van der Waals surface area contributed by atoms with Gasteiger partial charge in [-0.25, -0.2) is 9.97 Å². The molecule has 0 aliphatic heterocycles. The third-order valence-corrected chi connectivity index (χ3v) is 11.4. The van der Waals surface area contributed by atoms with Crippen LogP contribution >= 0.6 is 11.3 Å². The number of fused-ring (bicyclic) bond motifs is 3. The highest BCUT2D eigenvalue weighted by Gasteiger charge is 2.15. The molecule has 7 aromatic carbocycles. The van der Waals surface area contributed by atoms with Gasteiger partial charge >= 0.3 is 0 Å². The van der Waals surface area contributed by atoms with Crippen molar-refractivity contribution in [3.05, 3.63) is 206 Å². The average Bonchev–Trinajstić information content (AvgIpc) is 3.65. The van der Waals surface area contributed by atoms with Gasteiger partial charge < -0.3 is 0 Å². The first-order valence-corrected chi connectivity index (χ1v) is 19.4. The van der Waals surface area contributed by atoms with Gasteiger partial charge in [-0.15, -0.1) is 11.3 Å². The van der Waals surface area contributed by atoms with Crippen molar-refractivity contribution in [3.63, 3.8) is 0 Å². The fraction of sp³-hybridized carbons (Fsp3) is 0. The summed E-state index contributed by atoms with van der Waals surface area (Å²) in [6, 6.07) is 73.5. The molecule has 0 N–H and O–H groups in total. The van der Waals surface area contributed by atoms with Gasteiger partial charge in [0.15, 0.2) is 0 Å². The Morgan fingerprint density at radius 2 is 0.582 bits per heavy atom. The number of hydrogen-bond donors (Lipinski definition) is 0. The molecule has 3 heterocycles. The first-order valence-electron chi connectivity index (χ1n) is 18.6. The number of benzene rings is 7. The molecule has 2 nitrogen and oxygen atoms in total. The van der Waals surface area contributed by atoms with E-state index in [1.54, 1.807) is 0 Å². The average molecular weight is 719 g/mol. The van der Waals surface area contributed by atoms with E-state index in [4.69, 9.17) is 9.97 Å². The molecule has 0 fully saturated rings. The molecule has 258 valence electrons. The topological polar surface area (TPSA) is 25.8 Å². The third-order valence-electron chi connectivity index (χ3n) is 10.2. The summed E-state index contributed by atoms with van der Waals surface area (Å²) < 4.78 is 2.60. The lowest BCUT2D eigenvalue weighted by atomic mass is 9.91. The van der Waals surface area contributed by atoms with Gasteiger partial charge in [0.05, 0.1) is 22.8 Å². The van der Waals surface area contributed by atoms with Crippen LogP contribution in [0.15, 0.2) is 206 Å². The van der Waals surface area contributed by atoms with E-state index >= 15 is 0 Å². The number of pyridine rings is 2. The van der Waals surface area contributed by atoms with Crippen LogP contribution in [0.25, 0.3) is 98.6 Å². The van der Waals surface area contributed by atoms with Crippen LogP contribution < -0.4 is 0 Å². The van der Waals surface area contributed by atoms with Crippen molar-refractivity contribution in [2.45, 2.75) is 0 Å². The Bertz CT molecular complexity index is 2690. The molecule has 10 rings (SSSR count). The second-order valence-electron chi connectivity index (χ2n) is 13.8. The second kappa shape index (κ2) is 14.1. The van der Waals surface area contributed by atoms with Gasteiger partial charge in [-0.1, -0.05) is 146 Å². The van der Waals surface area contributed by atoms with Crippen molar-refractivity contribution >= 4 is 31.5 Å². The zero-order chi connectivity index (χ0) is 36.6. The number of hydrogen-bond acceptors (Lipinski definition) is 3. The van der Waals surface area contributed by atoms with Gasteiger partial charge in [-0.3, -0.25) is 0 Å². The molecule has 3 aromatic heterocycles. The Balaban J connectivity index is 1.23. The van der Waals surface area contributed by atoms with Gasteiger partial charge in [0.2, 0.25) is 0 Å². The van der Waals surface area contributed by atoms with E-state index in [0.29, 0.717) is 0 Å². The molecule has 0 aliphatic rings. The quantitative estimate of drug-likeness (QED) is 0.164. The third kappa shape index (κ3) is 6.52. The summed E-state index contributed by atoms with van der Waals surface area (Å²) in [4.78, 5) is 10.4. The van der Waals surface area contributed by atoms with E-state index in [0.717, 1.165) is 72.8 Å². The van der Waals surface area contributed by atoms with Gasteiger partial charge in [0.25, 0.3) is 0 Å². The Labute approximate surface area is 324 Å². The Kier molecular flexibility index (Phi) is 8.40. The minimum absolute atomic E-state index is 0.941. The Morgan fingerprint density at radius 1 is 0.236 bits per heavy atom. The maximum absolute atomic E-state index is 5.20. The molecule has 0 unspecified atom stereocenters. The Morgan fingerprint density at radius 3 is 1.02 bits per heavy atom. The van der Waals surface area contributed by atoms with E-state index in [2.05, 4.69) is 206 Å². The first-order chi connectivity index (χ1) is 27.2. The molecule has 0 aliphatic carbocycles. The lowest BCUT2D eigenvalue weighted by Gasteiger charge is -2.15. The van der Waals surface area contributed by atoms with E-state index in [-0.39, 0.29) is 0 Å². The maximum atomic E-state index is 5.20. The second-order valence-corrected chi connectivity index (χ2v) is 14.9. The monoisotopic (exact) mass is 718 g/mol. The first kappa shape index (κ1) is 32.7. The standard InChI is InChI=1S/C52H34N2S/c1-5-15-35(16-6-1)47-31-43(32-48(53-47)36-17-7-2-8-18-36)41-27-40(39-25-26-52-46(30-39)45-23-13-14-24-51(45)55-52)28-42(29-41)44-33-49(37-19-9-3-10-20-37)54-50(34-44)38-21-11-4-12-22-38/h1-34H. The smallest absolute Gasteiger partial charge is 0.0715 e. The van der Waals surface area contributed by atoms with Crippen LogP contribution in [0, 0.1) is 0 Å². The number of nitrogens with zero attached hydrogens (tertiary/aromatic N) is 2. The molecule has 10 aromatic rings. The molecule has 0 saturated heterocycles. The minimum atomic E-state index is 0.941. The molecule has 0 spiro atoms. The highest BCUT2D eigenvalue weighted by molar-refractivity contribution is 7.25. The van der Waals surface area contributed by atoms with Crippen LogP contribution in [0.1, 0.15) is 0 Å².